The van der Waals surface area contributed by atoms with E-state index < -0.39 is 29.6 Å². The zero-order valence-electron chi connectivity index (χ0n) is 16.8. The highest BCUT2D eigenvalue weighted by Crippen LogP contribution is 2.48. The third-order valence-electron chi connectivity index (χ3n) is 6.02. The molecule has 4 N–H and O–H groups in total. The molecule has 1 aliphatic carbocycles. The number of hydrogen-bond acceptors (Lipinski definition) is 3. The van der Waals surface area contributed by atoms with Crippen molar-refractivity contribution < 1.29 is 28.2 Å². The molecule has 0 saturated heterocycles. The van der Waals surface area contributed by atoms with Gasteiger partial charge in [0, 0.05) is 17.4 Å². The van der Waals surface area contributed by atoms with Gasteiger partial charge < -0.3 is 20.5 Å². The van der Waals surface area contributed by atoms with Crippen molar-refractivity contribution in [2.24, 2.45) is 5.92 Å². The van der Waals surface area contributed by atoms with Crippen molar-refractivity contribution in [3.63, 3.8) is 0 Å². The monoisotopic (exact) mass is 432 g/mol. The molecule has 1 heterocycles. The van der Waals surface area contributed by atoms with Crippen LogP contribution in [0.4, 0.5) is 13.2 Å². The van der Waals surface area contributed by atoms with Crippen LogP contribution in [-0.2, 0) is 4.79 Å². The minimum Gasteiger partial charge on any atom is -0.394 e. The molecule has 0 radical (unpaired) electrons. The molecule has 1 saturated carbocycles. The maximum atomic E-state index is 14.4. The minimum atomic E-state index is -0.894. The number of carbonyl (C=O) groups is 1. The number of benzene rings is 2. The molecule has 1 aromatic heterocycles. The van der Waals surface area contributed by atoms with Crippen molar-refractivity contribution in [1.29, 1.82) is 0 Å². The summed E-state index contributed by atoms with van der Waals surface area (Å²) in [5, 5.41) is 21.9. The molecule has 4 rings (SSSR count). The number of amides is 1. The van der Waals surface area contributed by atoms with E-state index >= 15 is 0 Å². The lowest BCUT2D eigenvalue weighted by Crippen LogP contribution is -2.49. The molecule has 3 aromatic rings. The van der Waals surface area contributed by atoms with E-state index in [0.29, 0.717) is 35.0 Å². The van der Waals surface area contributed by atoms with E-state index in [1.807, 2.05) is 0 Å². The van der Waals surface area contributed by atoms with Crippen molar-refractivity contribution in [3.8, 4) is 11.3 Å². The van der Waals surface area contributed by atoms with Crippen molar-refractivity contribution in [2.45, 2.75) is 37.8 Å². The number of halogens is 3. The average molecular weight is 432 g/mol. The highest BCUT2D eigenvalue weighted by molar-refractivity contribution is 5.92. The lowest BCUT2D eigenvalue weighted by Gasteiger charge is -2.36. The topological polar surface area (TPSA) is 85.3 Å². The number of nitrogens with one attached hydrogen (secondary N) is 2. The summed E-state index contributed by atoms with van der Waals surface area (Å²) in [5.41, 5.74) is 2.06. The van der Waals surface area contributed by atoms with Gasteiger partial charge in [0.05, 0.1) is 30.0 Å². The Bertz CT molecular complexity index is 1110. The minimum absolute atomic E-state index is 0.134. The van der Waals surface area contributed by atoms with Gasteiger partial charge >= 0.3 is 0 Å². The number of carbonyl (C=O) groups excluding carboxylic acids is 1. The first-order valence-electron chi connectivity index (χ1n) is 10.1. The number of aromatic amines is 1. The predicted octanol–water partition coefficient (Wildman–Crippen LogP) is 3.60. The van der Waals surface area contributed by atoms with Gasteiger partial charge in [-0.05, 0) is 67.1 Å². The maximum absolute atomic E-state index is 14.4. The number of H-pyrrole nitrogens is 1. The van der Waals surface area contributed by atoms with Gasteiger partial charge in [-0.3, -0.25) is 4.79 Å². The normalized spacial score (nSPS) is 20.3. The van der Waals surface area contributed by atoms with Crippen LogP contribution in [0.2, 0.25) is 0 Å². The van der Waals surface area contributed by atoms with Gasteiger partial charge in [-0.1, -0.05) is 0 Å². The third kappa shape index (κ3) is 4.05. The van der Waals surface area contributed by atoms with Gasteiger partial charge in [0.15, 0.2) is 0 Å². The summed E-state index contributed by atoms with van der Waals surface area (Å²) < 4.78 is 41.8. The van der Waals surface area contributed by atoms with Crippen LogP contribution < -0.4 is 5.32 Å². The van der Waals surface area contributed by atoms with Crippen LogP contribution in [0.3, 0.4) is 0 Å². The van der Waals surface area contributed by atoms with E-state index in [1.165, 1.54) is 25.1 Å². The first kappa shape index (κ1) is 21.4. The molecule has 2 atom stereocenters. The highest BCUT2D eigenvalue weighted by atomic mass is 19.1. The molecule has 1 fully saturated rings. The number of fused-ring (bicyclic) bond motifs is 1. The predicted molar refractivity (Wildman–Crippen MR) is 110 cm³/mol. The van der Waals surface area contributed by atoms with Crippen molar-refractivity contribution in [1.82, 2.24) is 10.3 Å². The van der Waals surface area contributed by atoms with Gasteiger partial charge in [-0.25, -0.2) is 13.2 Å². The Hall–Kier alpha value is -2.84. The number of hydrogen-bond donors (Lipinski definition) is 4. The number of rotatable bonds is 6. The summed E-state index contributed by atoms with van der Waals surface area (Å²) in [4.78, 5) is 15.5. The van der Waals surface area contributed by atoms with E-state index in [2.05, 4.69) is 10.3 Å². The van der Waals surface area contributed by atoms with E-state index in [-0.39, 0.29) is 29.9 Å². The fourth-order valence-electron chi connectivity index (χ4n) is 4.20. The van der Waals surface area contributed by atoms with Gasteiger partial charge in [0.2, 0.25) is 5.91 Å². The highest BCUT2D eigenvalue weighted by Gasteiger charge is 2.39. The first-order chi connectivity index (χ1) is 14.8. The largest absolute Gasteiger partial charge is 0.394 e. The molecule has 0 bridgehead atoms. The van der Waals surface area contributed by atoms with Crippen LogP contribution >= 0.6 is 0 Å². The Balaban J connectivity index is 1.65. The Morgan fingerprint density at radius 3 is 2.45 bits per heavy atom. The van der Waals surface area contributed by atoms with Crippen LogP contribution in [0.1, 0.15) is 31.2 Å². The quantitative estimate of drug-likeness (QED) is 0.480. The molecule has 5 nitrogen and oxygen atoms in total. The van der Waals surface area contributed by atoms with Gasteiger partial charge in [-0.2, -0.15) is 0 Å². The summed E-state index contributed by atoms with van der Waals surface area (Å²) >= 11 is 0. The fraction of sp³-hybridized carbons (Fsp3) is 0.348. The zero-order valence-corrected chi connectivity index (χ0v) is 16.8. The Kier molecular flexibility index (Phi) is 5.77. The van der Waals surface area contributed by atoms with Gasteiger partial charge in [-0.15, -0.1) is 0 Å². The lowest BCUT2D eigenvalue weighted by atomic mass is 9.69. The van der Waals surface area contributed by atoms with Crippen molar-refractivity contribution >= 4 is 16.8 Å². The first-order valence-corrected chi connectivity index (χ1v) is 10.1. The molecule has 164 valence electrons. The SMILES string of the molecule is C[C@H](O)[C@@H](CO)NC(=O)[C@H]1C[C@H](c2c(-c3ccc(F)cc3)[nH]c3c(F)cc(F)cc32)C1. The summed E-state index contributed by atoms with van der Waals surface area (Å²) in [6.45, 7) is 1.10. The molecule has 8 heteroatoms. The molecule has 31 heavy (non-hydrogen) atoms. The summed E-state index contributed by atoms with van der Waals surface area (Å²) in [6.07, 6.45) is 0.000975. The van der Waals surface area contributed by atoms with Gasteiger partial charge in [0.1, 0.15) is 17.5 Å². The zero-order chi connectivity index (χ0) is 22.3. The molecule has 0 aliphatic heterocycles. The summed E-state index contributed by atoms with van der Waals surface area (Å²) in [7, 11) is 0. The summed E-state index contributed by atoms with van der Waals surface area (Å²) in [6, 6.07) is 7.04. The van der Waals surface area contributed by atoms with Crippen molar-refractivity contribution in [3.05, 3.63) is 59.4 Å². The molecule has 1 amide bonds. The van der Waals surface area contributed by atoms with Crippen LogP contribution in [0.5, 0.6) is 0 Å². The average Bonchev–Trinajstić information content (AvgIpc) is 3.05. The smallest absolute Gasteiger partial charge is 0.223 e. The second-order valence-corrected chi connectivity index (χ2v) is 8.13. The van der Waals surface area contributed by atoms with E-state index in [9.17, 15) is 28.2 Å². The van der Waals surface area contributed by atoms with E-state index in [0.717, 1.165) is 6.07 Å². The fourth-order valence-corrected chi connectivity index (χ4v) is 4.20. The molecule has 2 aromatic carbocycles. The Morgan fingerprint density at radius 2 is 1.84 bits per heavy atom. The lowest BCUT2D eigenvalue weighted by molar-refractivity contribution is -0.130. The molecule has 1 aliphatic rings. The summed E-state index contributed by atoms with van der Waals surface area (Å²) in [5.74, 6) is -2.59. The molecule has 0 unspecified atom stereocenters. The third-order valence-corrected chi connectivity index (χ3v) is 6.02. The number of aliphatic hydroxyl groups is 2. The molecule has 0 spiro atoms. The van der Waals surface area contributed by atoms with Crippen LogP contribution in [0.25, 0.3) is 22.2 Å². The Morgan fingerprint density at radius 1 is 1.16 bits per heavy atom. The Labute approximate surface area is 176 Å². The number of aromatic nitrogens is 1. The van der Waals surface area contributed by atoms with Crippen LogP contribution in [0.15, 0.2) is 36.4 Å². The van der Waals surface area contributed by atoms with E-state index in [4.69, 9.17) is 0 Å². The van der Waals surface area contributed by atoms with Crippen molar-refractivity contribution in [2.75, 3.05) is 6.61 Å². The maximum Gasteiger partial charge on any atom is 0.223 e. The molecular formula is C23H23F3N2O3. The standard InChI is InChI=1S/C23H23F3N2O3/c1-11(30)19(10-29)27-23(31)14-6-13(7-14)20-17-8-16(25)9-18(26)22(17)28-21(20)12-2-4-15(24)5-3-12/h2-5,8-9,11,13-14,19,28-30H,6-7,10H2,1H3,(H,27,31)/t11-,13-,14-,19+/m0/s1. The van der Waals surface area contributed by atoms with Crippen LogP contribution in [-0.4, -0.2) is 39.9 Å². The second-order valence-electron chi connectivity index (χ2n) is 8.13. The van der Waals surface area contributed by atoms with Gasteiger partial charge in [0.25, 0.3) is 0 Å². The number of aliphatic hydroxyl groups excluding tert-OH is 2. The molecular weight excluding hydrogens is 409 g/mol. The van der Waals surface area contributed by atoms with Crippen LogP contribution in [0, 0.1) is 23.4 Å². The second kappa shape index (κ2) is 8.36. The van der Waals surface area contributed by atoms with E-state index in [1.54, 1.807) is 12.1 Å².